The smallest absolute Gasteiger partial charge is 0.377 e. The Balaban J connectivity index is 3.52. The van der Waals surface area contributed by atoms with Gasteiger partial charge >= 0.3 is 47.6 Å². The number of benzene rings is 1. The van der Waals surface area contributed by atoms with Gasteiger partial charge in [0.15, 0.2) is 0 Å². The van der Waals surface area contributed by atoms with Crippen LogP contribution in [0.15, 0.2) is 24.3 Å². The molecule has 1 unspecified atom stereocenters. The van der Waals surface area contributed by atoms with Gasteiger partial charge in [0.05, 0.1) is 6.10 Å². The van der Waals surface area contributed by atoms with E-state index >= 15 is 0 Å². The Kier molecular flexibility index (Phi) is 9.75. The average molecular weight is 625 g/mol. The molecule has 0 spiro atoms. The van der Waals surface area contributed by atoms with Crippen molar-refractivity contribution in [2.45, 2.75) is 74.0 Å². The highest BCUT2D eigenvalue weighted by Crippen LogP contribution is 2.64. The molecule has 2 nitrogen and oxygen atoms in total. The number of halogens is 17. The van der Waals surface area contributed by atoms with Gasteiger partial charge in [-0.05, 0) is 31.5 Å². The van der Waals surface area contributed by atoms with E-state index in [0.717, 1.165) is 12.1 Å². The molecule has 0 fully saturated rings. The van der Waals surface area contributed by atoms with E-state index in [1.807, 2.05) is 0 Å². The second kappa shape index (κ2) is 10.9. The van der Waals surface area contributed by atoms with Crippen LogP contribution in [0.5, 0.6) is 0 Å². The largest absolute Gasteiger partial charge is 0.460 e. The number of nitrogens with zero attached hydrogens (tertiary/aromatic N) is 1. The van der Waals surface area contributed by atoms with Crippen LogP contribution < -0.4 is 4.90 Å². The second-order valence-corrected chi connectivity index (χ2v) is 8.34. The minimum Gasteiger partial charge on any atom is -0.377 e. The van der Waals surface area contributed by atoms with Gasteiger partial charge in [-0.3, -0.25) is 0 Å². The van der Waals surface area contributed by atoms with E-state index in [9.17, 15) is 74.6 Å². The fourth-order valence-corrected chi connectivity index (χ4v) is 3.38. The molecular formula is C21H20F17NO. The van der Waals surface area contributed by atoms with Crippen LogP contribution in [-0.4, -0.2) is 67.8 Å². The number of hydrogen-bond donors (Lipinski definition) is 0. The topological polar surface area (TPSA) is 12.5 Å². The lowest BCUT2D eigenvalue weighted by Crippen LogP contribution is -2.74. The average Bonchev–Trinajstić information content (AvgIpc) is 2.82. The third-order valence-corrected chi connectivity index (χ3v) is 5.91. The Morgan fingerprint density at radius 3 is 1.25 bits per heavy atom. The zero-order chi connectivity index (χ0) is 32.0. The Morgan fingerprint density at radius 2 is 0.925 bits per heavy atom. The summed E-state index contributed by atoms with van der Waals surface area (Å²) >= 11 is 0. The standard InChI is InChI=1S/C21H20F17NO/c1-4-39(5-2)12-8-6-11(7-9-12)13(40-3)10-14(22,23)15(24,25)16(26,27)17(28,29)18(30,31)19(32,33)20(34,35)21(36,37)38/h6-9,13H,4-5,10H2,1-3H3. The summed E-state index contributed by atoms with van der Waals surface area (Å²) in [6.45, 7) is 4.26. The molecule has 40 heavy (non-hydrogen) atoms. The van der Waals surface area contributed by atoms with Crippen LogP contribution in [0, 0.1) is 0 Å². The van der Waals surface area contributed by atoms with E-state index in [1.54, 1.807) is 18.7 Å². The monoisotopic (exact) mass is 625 g/mol. The van der Waals surface area contributed by atoms with Gasteiger partial charge < -0.3 is 9.64 Å². The van der Waals surface area contributed by atoms with E-state index in [2.05, 4.69) is 4.74 Å². The predicted octanol–water partition coefficient (Wildman–Crippen LogP) is 8.62. The van der Waals surface area contributed by atoms with Crippen LogP contribution in [0.2, 0.25) is 0 Å². The summed E-state index contributed by atoms with van der Waals surface area (Å²) in [5.74, 6) is -56.6. The highest BCUT2D eigenvalue weighted by Gasteiger charge is 2.95. The zero-order valence-electron chi connectivity index (χ0n) is 20.3. The quantitative estimate of drug-likeness (QED) is 0.204. The van der Waals surface area contributed by atoms with Crippen LogP contribution >= 0.6 is 0 Å². The van der Waals surface area contributed by atoms with Crippen molar-refractivity contribution in [2.75, 3.05) is 25.1 Å². The van der Waals surface area contributed by atoms with E-state index < -0.39 is 65.7 Å². The molecule has 0 saturated heterocycles. The third-order valence-electron chi connectivity index (χ3n) is 5.91. The maximum atomic E-state index is 14.4. The Hall–Kier alpha value is -2.21. The lowest BCUT2D eigenvalue weighted by atomic mass is 9.87. The predicted molar refractivity (Wildman–Crippen MR) is 105 cm³/mol. The van der Waals surface area contributed by atoms with E-state index in [-0.39, 0.29) is 0 Å². The molecule has 1 atom stereocenters. The second-order valence-electron chi connectivity index (χ2n) is 8.34. The molecule has 19 heteroatoms. The number of anilines is 1. The third kappa shape index (κ3) is 5.37. The summed E-state index contributed by atoms with van der Waals surface area (Å²) < 4.78 is 233. The number of hydrogen-bond acceptors (Lipinski definition) is 2. The summed E-state index contributed by atoms with van der Waals surface area (Å²) in [6, 6.07) is 4.35. The van der Waals surface area contributed by atoms with E-state index in [0.29, 0.717) is 25.9 Å². The number of alkyl halides is 17. The van der Waals surface area contributed by atoms with Crippen molar-refractivity contribution >= 4 is 5.69 Å². The summed E-state index contributed by atoms with van der Waals surface area (Å²) in [5, 5.41) is 0. The summed E-state index contributed by atoms with van der Waals surface area (Å²) in [4.78, 5) is 1.69. The van der Waals surface area contributed by atoms with Crippen molar-refractivity contribution in [1.29, 1.82) is 0 Å². The van der Waals surface area contributed by atoms with Crippen molar-refractivity contribution in [1.82, 2.24) is 0 Å². The molecule has 0 aromatic heterocycles. The van der Waals surface area contributed by atoms with Crippen LogP contribution in [0.4, 0.5) is 80.3 Å². The van der Waals surface area contributed by atoms with Gasteiger partial charge in [0.25, 0.3) is 0 Å². The summed E-state index contributed by atoms with van der Waals surface area (Å²) in [5.41, 5.74) is -0.0312. The zero-order valence-corrected chi connectivity index (χ0v) is 20.3. The van der Waals surface area contributed by atoms with Gasteiger partial charge in [-0.25, -0.2) is 0 Å². The molecule has 1 aromatic carbocycles. The molecule has 0 bridgehead atoms. The first-order chi connectivity index (χ1) is 17.7. The van der Waals surface area contributed by atoms with Gasteiger partial charge in [0, 0.05) is 32.3 Å². The van der Waals surface area contributed by atoms with Crippen molar-refractivity contribution in [3.63, 3.8) is 0 Å². The molecule has 0 heterocycles. The molecule has 0 amide bonds. The van der Waals surface area contributed by atoms with Gasteiger partial charge in [0.1, 0.15) is 0 Å². The Bertz CT molecular complexity index is 984. The van der Waals surface area contributed by atoms with Crippen molar-refractivity contribution in [2.24, 2.45) is 0 Å². The lowest BCUT2D eigenvalue weighted by molar-refractivity contribution is -0.462. The fraction of sp³-hybridized carbons (Fsp3) is 0.714. The lowest BCUT2D eigenvalue weighted by Gasteiger charge is -2.43. The van der Waals surface area contributed by atoms with Gasteiger partial charge in [0.2, 0.25) is 0 Å². The molecule has 0 N–H and O–H groups in total. The van der Waals surface area contributed by atoms with Crippen LogP contribution in [0.25, 0.3) is 0 Å². The normalized spacial score (nSPS) is 15.8. The molecule has 0 aliphatic rings. The van der Waals surface area contributed by atoms with Crippen molar-refractivity contribution in [3.8, 4) is 0 Å². The van der Waals surface area contributed by atoms with Gasteiger partial charge in [-0.2, -0.15) is 74.6 Å². The SMILES string of the molecule is CCN(CC)c1ccc(C(CC(F)(F)C(F)(F)C(F)(F)C(F)(F)C(F)(F)C(F)(F)C(F)(F)C(F)(F)F)OC)cc1. The maximum absolute atomic E-state index is 14.4. The summed E-state index contributed by atoms with van der Waals surface area (Å²) in [7, 11) is 0.553. The van der Waals surface area contributed by atoms with Gasteiger partial charge in [-0.15, -0.1) is 0 Å². The summed E-state index contributed by atoms with van der Waals surface area (Å²) in [6.07, 6.45) is -12.8. The number of rotatable bonds is 13. The van der Waals surface area contributed by atoms with Gasteiger partial charge in [-0.1, -0.05) is 12.1 Å². The first kappa shape index (κ1) is 35.8. The molecular weight excluding hydrogens is 605 g/mol. The number of ether oxygens (including phenoxy) is 1. The highest BCUT2D eigenvalue weighted by molar-refractivity contribution is 5.47. The van der Waals surface area contributed by atoms with Crippen molar-refractivity contribution < 1.29 is 79.4 Å². The Labute approximate surface area is 215 Å². The van der Waals surface area contributed by atoms with E-state index in [1.165, 1.54) is 12.1 Å². The highest BCUT2D eigenvalue weighted by atomic mass is 19.4. The van der Waals surface area contributed by atoms with Crippen molar-refractivity contribution in [3.05, 3.63) is 29.8 Å². The minimum absolute atomic E-state index is 0.426. The number of methoxy groups -OCH3 is 1. The van der Waals surface area contributed by atoms with Crippen LogP contribution in [0.3, 0.4) is 0 Å². The fourth-order valence-electron chi connectivity index (χ4n) is 3.38. The van der Waals surface area contributed by atoms with Crippen LogP contribution in [0.1, 0.15) is 31.9 Å². The molecule has 234 valence electrons. The molecule has 1 aromatic rings. The molecule has 1 rings (SSSR count). The molecule has 0 aliphatic carbocycles. The Morgan fingerprint density at radius 1 is 0.575 bits per heavy atom. The van der Waals surface area contributed by atoms with E-state index in [4.69, 9.17) is 0 Å². The van der Waals surface area contributed by atoms with Crippen LogP contribution in [-0.2, 0) is 4.74 Å². The molecule has 0 radical (unpaired) electrons. The minimum atomic E-state index is -8.65. The molecule has 0 saturated carbocycles. The first-order valence-electron chi connectivity index (χ1n) is 10.7. The maximum Gasteiger partial charge on any atom is 0.460 e. The first-order valence-corrected chi connectivity index (χ1v) is 10.7. The molecule has 0 aliphatic heterocycles.